The van der Waals surface area contributed by atoms with Crippen LogP contribution in [0.15, 0.2) is 28.5 Å². The molecule has 1 aromatic carbocycles. The Hall–Kier alpha value is -2.01. The van der Waals surface area contributed by atoms with Gasteiger partial charge in [0.15, 0.2) is 5.13 Å². The first-order valence-electron chi connectivity index (χ1n) is 10.2. The van der Waals surface area contributed by atoms with Crippen molar-refractivity contribution in [1.82, 2.24) is 9.29 Å². The number of amides is 1. The minimum atomic E-state index is -3.69. The lowest BCUT2D eigenvalue weighted by molar-refractivity contribution is 0.0730. The van der Waals surface area contributed by atoms with E-state index in [9.17, 15) is 13.2 Å². The predicted octanol–water partition coefficient (Wildman–Crippen LogP) is 2.72. The Balaban J connectivity index is 1.69. The molecule has 2 saturated heterocycles. The summed E-state index contributed by atoms with van der Waals surface area (Å²) in [5.74, 6) is -0.344. The van der Waals surface area contributed by atoms with Gasteiger partial charge in [0.05, 0.1) is 29.4 Å². The molecule has 162 valence electrons. The SMILES string of the molecule is Cc1csc(NC(=O)c2cc(S(=O)(=O)N3CCOCC3)ccc2N2CCCCC2)n1. The molecule has 0 saturated carbocycles. The number of carbonyl (C=O) groups excluding carboxylic acids is 1. The first kappa shape index (κ1) is 21.2. The van der Waals surface area contributed by atoms with E-state index in [1.54, 1.807) is 12.1 Å². The van der Waals surface area contributed by atoms with Crippen molar-refractivity contribution in [2.75, 3.05) is 49.6 Å². The van der Waals surface area contributed by atoms with Crippen LogP contribution in [0.2, 0.25) is 0 Å². The molecule has 1 amide bonds. The first-order chi connectivity index (χ1) is 14.4. The van der Waals surface area contributed by atoms with Crippen molar-refractivity contribution in [2.24, 2.45) is 0 Å². The van der Waals surface area contributed by atoms with Crippen LogP contribution in [0, 0.1) is 6.92 Å². The number of nitrogens with zero attached hydrogens (tertiary/aromatic N) is 3. The molecule has 1 N–H and O–H groups in total. The van der Waals surface area contributed by atoms with Gasteiger partial charge in [-0.3, -0.25) is 10.1 Å². The van der Waals surface area contributed by atoms with Crippen LogP contribution >= 0.6 is 11.3 Å². The maximum atomic E-state index is 13.1. The third-order valence-electron chi connectivity index (χ3n) is 5.36. The van der Waals surface area contributed by atoms with E-state index in [-0.39, 0.29) is 10.8 Å². The average molecular weight is 451 g/mol. The Morgan fingerprint density at radius 1 is 1.13 bits per heavy atom. The van der Waals surface area contributed by atoms with Crippen LogP contribution in [0.5, 0.6) is 0 Å². The minimum absolute atomic E-state index is 0.130. The summed E-state index contributed by atoms with van der Waals surface area (Å²) in [6, 6.07) is 4.88. The molecule has 3 heterocycles. The molecule has 10 heteroatoms. The summed E-state index contributed by atoms with van der Waals surface area (Å²) in [6.45, 7) is 4.95. The standard InChI is InChI=1S/C20H26N4O4S2/c1-15-14-29-20(21-15)22-19(25)17-13-16(30(26,27)24-9-11-28-12-10-24)5-6-18(17)23-7-3-2-4-8-23/h5-6,13-14H,2-4,7-12H2,1H3,(H,21,22,25). The fraction of sp³-hybridized carbons (Fsp3) is 0.500. The number of hydrogen-bond acceptors (Lipinski definition) is 7. The number of carbonyl (C=O) groups is 1. The Kier molecular flexibility index (Phi) is 6.37. The first-order valence-corrected chi connectivity index (χ1v) is 12.5. The van der Waals surface area contributed by atoms with Gasteiger partial charge >= 0.3 is 0 Å². The molecule has 0 aliphatic carbocycles. The third kappa shape index (κ3) is 4.51. The zero-order chi connectivity index (χ0) is 21.1. The maximum Gasteiger partial charge on any atom is 0.259 e. The molecule has 2 aliphatic heterocycles. The van der Waals surface area contributed by atoms with E-state index < -0.39 is 10.0 Å². The molecule has 8 nitrogen and oxygen atoms in total. The highest BCUT2D eigenvalue weighted by molar-refractivity contribution is 7.89. The highest BCUT2D eigenvalue weighted by atomic mass is 32.2. The molecule has 2 fully saturated rings. The molecule has 0 atom stereocenters. The number of sulfonamides is 1. The van der Waals surface area contributed by atoms with Gasteiger partial charge in [-0.25, -0.2) is 13.4 Å². The van der Waals surface area contributed by atoms with Gasteiger partial charge < -0.3 is 9.64 Å². The van der Waals surface area contributed by atoms with Crippen molar-refractivity contribution in [1.29, 1.82) is 0 Å². The number of aryl methyl sites for hydroxylation is 1. The molecule has 0 bridgehead atoms. The van der Waals surface area contributed by atoms with Crippen molar-refractivity contribution < 1.29 is 17.9 Å². The van der Waals surface area contributed by atoms with Crippen LogP contribution in [0.3, 0.4) is 0 Å². The van der Waals surface area contributed by atoms with Gasteiger partial charge in [-0.15, -0.1) is 11.3 Å². The summed E-state index contributed by atoms with van der Waals surface area (Å²) in [5.41, 5.74) is 1.95. The van der Waals surface area contributed by atoms with Crippen molar-refractivity contribution in [2.45, 2.75) is 31.1 Å². The van der Waals surface area contributed by atoms with Gasteiger partial charge in [0.1, 0.15) is 0 Å². The lowest BCUT2D eigenvalue weighted by atomic mass is 10.1. The Morgan fingerprint density at radius 2 is 1.87 bits per heavy atom. The summed E-state index contributed by atoms with van der Waals surface area (Å²) < 4.78 is 32.9. The second-order valence-corrected chi connectivity index (χ2v) is 10.3. The van der Waals surface area contributed by atoms with Crippen molar-refractivity contribution >= 4 is 38.1 Å². The van der Waals surface area contributed by atoms with Crippen LogP contribution in [0.25, 0.3) is 0 Å². The Morgan fingerprint density at radius 3 is 2.53 bits per heavy atom. The number of piperidine rings is 1. The molecule has 2 aromatic rings. The van der Waals surface area contributed by atoms with E-state index in [0.29, 0.717) is 37.0 Å². The largest absolute Gasteiger partial charge is 0.379 e. The van der Waals surface area contributed by atoms with Gasteiger partial charge in [0.25, 0.3) is 5.91 Å². The molecule has 0 unspecified atom stereocenters. The normalized spacial score (nSPS) is 18.4. The summed E-state index contributed by atoms with van der Waals surface area (Å²) in [5, 5.41) is 5.19. The average Bonchev–Trinajstić information content (AvgIpc) is 3.19. The van der Waals surface area contributed by atoms with Gasteiger partial charge in [0, 0.05) is 37.2 Å². The number of hydrogen-bond donors (Lipinski definition) is 1. The highest BCUT2D eigenvalue weighted by Crippen LogP contribution is 2.29. The fourth-order valence-corrected chi connectivity index (χ4v) is 5.90. The molecule has 4 rings (SSSR count). The van der Waals surface area contributed by atoms with Gasteiger partial charge in [-0.1, -0.05) is 0 Å². The second-order valence-electron chi connectivity index (χ2n) is 7.49. The van der Waals surface area contributed by atoms with Gasteiger partial charge in [-0.05, 0) is 44.4 Å². The second kappa shape index (κ2) is 9.01. The van der Waals surface area contributed by atoms with E-state index in [1.807, 2.05) is 12.3 Å². The summed E-state index contributed by atoms with van der Waals surface area (Å²) >= 11 is 1.35. The number of ether oxygens (including phenoxy) is 1. The van der Waals surface area contributed by atoms with Crippen LogP contribution in [-0.2, 0) is 14.8 Å². The molecule has 0 radical (unpaired) electrons. The maximum absolute atomic E-state index is 13.1. The lowest BCUT2D eigenvalue weighted by Gasteiger charge is -2.31. The number of nitrogens with one attached hydrogen (secondary N) is 1. The van der Waals surface area contributed by atoms with Gasteiger partial charge in [0.2, 0.25) is 10.0 Å². The Labute approximate surface area is 180 Å². The summed E-state index contributed by atoms with van der Waals surface area (Å²) in [6.07, 6.45) is 3.28. The predicted molar refractivity (Wildman–Crippen MR) is 117 cm³/mol. The van der Waals surface area contributed by atoms with E-state index in [1.165, 1.54) is 28.1 Å². The number of morpholine rings is 1. The molecule has 0 spiro atoms. The van der Waals surface area contributed by atoms with Crippen LogP contribution in [-0.4, -0.2) is 63.0 Å². The topological polar surface area (TPSA) is 91.8 Å². The summed E-state index contributed by atoms with van der Waals surface area (Å²) in [7, 11) is -3.69. The smallest absolute Gasteiger partial charge is 0.259 e. The minimum Gasteiger partial charge on any atom is -0.379 e. The monoisotopic (exact) mass is 450 g/mol. The molecule has 1 aromatic heterocycles. The quantitative estimate of drug-likeness (QED) is 0.753. The zero-order valence-electron chi connectivity index (χ0n) is 17.0. The van der Waals surface area contributed by atoms with Crippen LogP contribution in [0.1, 0.15) is 35.3 Å². The van der Waals surface area contributed by atoms with Crippen LogP contribution in [0.4, 0.5) is 10.8 Å². The van der Waals surface area contributed by atoms with E-state index in [2.05, 4.69) is 15.2 Å². The fourth-order valence-electron chi connectivity index (χ4n) is 3.78. The van der Waals surface area contributed by atoms with E-state index in [0.717, 1.165) is 37.3 Å². The molecular formula is C20H26N4O4S2. The molecule has 30 heavy (non-hydrogen) atoms. The van der Waals surface area contributed by atoms with Crippen molar-refractivity contribution in [3.63, 3.8) is 0 Å². The van der Waals surface area contributed by atoms with E-state index >= 15 is 0 Å². The van der Waals surface area contributed by atoms with Crippen molar-refractivity contribution in [3.05, 3.63) is 34.8 Å². The van der Waals surface area contributed by atoms with Gasteiger partial charge in [-0.2, -0.15) is 4.31 Å². The summed E-state index contributed by atoms with van der Waals surface area (Å²) in [4.78, 5) is 19.7. The number of aromatic nitrogens is 1. The number of benzene rings is 1. The number of thiazole rings is 1. The third-order valence-corrected chi connectivity index (χ3v) is 8.13. The van der Waals surface area contributed by atoms with Crippen molar-refractivity contribution in [3.8, 4) is 0 Å². The van der Waals surface area contributed by atoms with Crippen LogP contribution < -0.4 is 10.2 Å². The Bertz CT molecular complexity index is 1010. The number of anilines is 2. The zero-order valence-corrected chi connectivity index (χ0v) is 18.6. The van der Waals surface area contributed by atoms with E-state index in [4.69, 9.17) is 4.74 Å². The lowest BCUT2D eigenvalue weighted by Crippen LogP contribution is -2.40. The number of rotatable bonds is 5. The molecule has 2 aliphatic rings. The highest BCUT2D eigenvalue weighted by Gasteiger charge is 2.29. The molecular weight excluding hydrogens is 424 g/mol.